The largest absolute Gasteiger partial charge is 0.477 e. The number of amides is 3. The van der Waals surface area contributed by atoms with Gasteiger partial charge in [0.15, 0.2) is 44.0 Å². The summed E-state index contributed by atoms with van der Waals surface area (Å²) in [6, 6.07) is -5.85. The second-order valence-corrected chi connectivity index (χ2v) is 29.2. The third kappa shape index (κ3) is 21.8. The third-order valence-electron chi connectivity index (χ3n) is 20.8. The van der Waals surface area contributed by atoms with Gasteiger partial charge in [-0.1, -0.05) is 0 Å². The highest BCUT2D eigenvalue weighted by molar-refractivity contribution is 5.77. The maximum absolute atomic E-state index is 13.6. The number of rotatable bonds is 34. The van der Waals surface area contributed by atoms with Gasteiger partial charge in [0, 0.05) is 27.7 Å². The monoisotopic (exact) mass is 1700 g/mol. The van der Waals surface area contributed by atoms with E-state index < -0.39 is 364 Å². The summed E-state index contributed by atoms with van der Waals surface area (Å²) in [6.07, 6.45) is -89.4. The van der Waals surface area contributed by atoms with Crippen LogP contribution in [0.1, 0.15) is 48.0 Å². The Balaban J connectivity index is 1.13. The minimum absolute atomic E-state index is 0.858. The summed E-state index contributed by atoms with van der Waals surface area (Å²) in [4.78, 5) is 65.1. The van der Waals surface area contributed by atoms with Crippen molar-refractivity contribution in [2.24, 2.45) is 0 Å². The van der Waals surface area contributed by atoms with Crippen LogP contribution in [0.15, 0.2) is 0 Å². The van der Waals surface area contributed by atoms with E-state index in [4.69, 9.17) is 80.5 Å². The molecule has 8 saturated heterocycles. The predicted octanol–water partition coefficient (Wildman–Crippen LogP) is -18.7. The summed E-state index contributed by atoms with van der Waals surface area (Å²) in [5.74, 6) is -9.55. The van der Waals surface area contributed by atoms with Gasteiger partial charge < -0.3 is 229 Å². The Kier molecular flexibility index (Phi) is 35.3. The standard InChI is InChI=1S/C65H109N3O48/c1-16-34(83)42(91)45(94)59(101-16)112-53-33(68-20(5)78)58(107-29(14-75)51(53)111-63-56(44(93)38(87)26(11-72)105-63)114-60-46(95)43(92)35(84)17(2)102-60)113-54-40(89)30(108-61(47(54)96)109-49(24(82)10-71)36(85)22(80)8-69)15-100-57-32(67-19(4)77)41(90)50(28(13-74)106-57)110-62-48(97)55(39(88)27(12-73)104-62)116-65(64(98)99)7-25(103-21(6)79)31(66-18(3)76)52(115-65)37(86)23(81)9-70/h16-17,22-63,69-75,80-97H,7-15H2,1-6H3,(H,66,76)(H,67,77)(H,68,78)(H,98,99)/t16-,17-,22-,23+,24+,25-,26+,27+,28+,29+,30+,31+,32+,33+,34+,35+,36+,37+,38-,39-,40-,41+,42+,43+,44-,45-,46-,47+,48+,49+,50+,51+,52+,53+,54-,55-,56+,57+,58-,59-,60-,61-,62-,63-,65-/m0/s1. The lowest BCUT2D eigenvalue weighted by molar-refractivity contribution is -0.400. The lowest BCUT2D eigenvalue weighted by Crippen LogP contribution is -2.71. The van der Waals surface area contributed by atoms with Gasteiger partial charge in [-0.3, -0.25) is 19.2 Å². The fourth-order valence-electron chi connectivity index (χ4n) is 14.6. The number of aliphatic hydroxyl groups excluding tert-OH is 25. The first-order valence-electron chi connectivity index (χ1n) is 36.8. The third-order valence-corrected chi connectivity index (χ3v) is 20.8. The van der Waals surface area contributed by atoms with Crippen molar-refractivity contribution in [1.82, 2.24) is 16.0 Å². The molecule has 51 nitrogen and oxygen atoms in total. The topological polar surface area (TPSA) is 804 Å². The van der Waals surface area contributed by atoms with Gasteiger partial charge in [-0.2, -0.15) is 0 Å². The Bertz CT molecular complexity index is 3110. The highest BCUT2D eigenvalue weighted by atomic mass is 16.8. The highest BCUT2D eigenvalue weighted by Crippen LogP contribution is 2.42. The van der Waals surface area contributed by atoms with E-state index >= 15 is 0 Å². The smallest absolute Gasteiger partial charge is 0.364 e. The molecule has 672 valence electrons. The van der Waals surface area contributed by atoms with Crippen LogP contribution in [0.25, 0.3) is 0 Å². The average molecular weight is 1700 g/mol. The minimum atomic E-state index is -3.33. The number of carboxylic acids is 1. The molecule has 29 N–H and O–H groups in total. The summed E-state index contributed by atoms with van der Waals surface area (Å²) < 4.78 is 101. The van der Waals surface area contributed by atoms with E-state index in [1.165, 1.54) is 13.8 Å². The molecule has 51 heteroatoms. The molecule has 0 spiro atoms. The first-order valence-corrected chi connectivity index (χ1v) is 36.8. The summed E-state index contributed by atoms with van der Waals surface area (Å²) in [7, 11) is 0. The van der Waals surface area contributed by atoms with E-state index in [2.05, 4.69) is 16.0 Å². The molecule has 8 aliphatic heterocycles. The number of carbonyl (C=O) groups is 5. The van der Waals surface area contributed by atoms with Gasteiger partial charge >= 0.3 is 11.9 Å². The molecule has 8 fully saturated rings. The van der Waals surface area contributed by atoms with E-state index in [1.54, 1.807) is 0 Å². The van der Waals surface area contributed by atoms with Crippen LogP contribution in [0.2, 0.25) is 0 Å². The van der Waals surface area contributed by atoms with Crippen molar-refractivity contribution in [2.75, 3.05) is 52.9 Å². The van der Waals surface area contributed by atoms with Crippen molar-refractivity contribution in [1.29, 1.82) is 0 Å². The van der Waals surface area contributed by atoms with Gasteiger partial charge in [-0.25, -0.2) is 4.79 Å². The molecule has 8 aliphatic rings. The number of nitrogens with one attached hydrogen (secondary N) is 3. The van der Waals surface area contributed by atoms with Gasteiger partial charge in [0.25, 0.3) is 5.79 Å². The number of hydrogen-bond donors (Lipinski definition) is 29. The van der Waals surface area contributed by atoms with Crippen LogP contribution in [0, 0.1) is 0 Å². The fourth-order valence-corrected chi connectivity index (χ4v) is 14.6. The summed E-state index contributed by atoms with van der Waals surface area (Å²) in [5.41, 5.74) is 0. The molecule has 8 rings (SSSR count). The van der Waals surface area contributed by atoms with Crippen molar-refractivity contribution in [3.63, 3.8) is 0 Å². The molecule has 0 unspecified atom stereocenters. The molecule has 45 atom stereocenters. The molecule has 0 bridgehead atoms. The van der Waals surface area contributed by atoms with Gasteiger partial charge in [-0.15, -0.1) is 0 Å². The molecule has 8 heterocycles. The molecule has 0 aliphatic carbocycles. The quantitative estimate of drug-likeness (QED) is 0.0266. The SMILES string of the molecule is CC(=O)N[C@H]1[C@H](OC[C@H]2O[C@@H](O[C@@H]([C@H](O)[C@@H](O)CO)[C@H](O)CO)[C@H](O)[C@@H](O[C@@H]3O[C@H](CO)[C@@H](O[C@@H]4O[C@H](CO)[C@H](O)[C@H](O)[C@H]4O[C@@H]4O[C@@H](C)[C@@H](O)[C@@H](O)[C@@H]4O)[C@H](O[C@@H]4O[C@@H](C)[C@@H](O)[C@@H](O)[C@@H]4O)[C@H]3NC(C)=O)[C@H]2O)O[C@H](CO)[C@@H](O[C@@H]2O[C@H](CO)[C@H](O)[C@H](O[C@]3(C(=O)O)C[C@H](OC(C)=O)[C@@H](NC(C)=O)[C@H]([C@H](O)[C@H](O)CO)O3)[C@H]2O)[C@@H]1O. The second-order valence-electron chi connectivity index (χ2n) is 29.2. The zero-order valence-electron chi connectivity index (χ0n) is 62.9. The number of carbonyl (C=O) groups excluding carboxylic acids is 4. The molecule has 0 aromatic heterocycles. The van der Waals surface area contributed by atoms with Crippen LogP contribution >= 0.6 is 0 Å². The lowest BCUT2D eigenvalue weighted by Gasteiger charge is -2.52. The van der Waals surface area contributed by atoms with E-state index in [-0.39, 0.29) is 0 Å². The molecule has 0 aromatic carbocycles. The molecule has 0 aromatic rings. The molecule has 0 radical (unpaired) electrons. The zero-order chi connectivity index (χ0) is 86.3. The number of carboxylic acid groups (broad SMARTS) is 1. The number of hydrogen-bond acceptors (Lipinski definition) is 47. The summed E-state index contributed by atoms with van der Waals surface area (Å²) in [5, 5.41) is 294. The first-order chi connectivity index (χ1) is 54.6. The molecule has 0 saturated carbocycles. The Morgan fingerprint density at radius 3 is 1.37 bits per heavy atom. The van der Waals surface area contributed by atoms with Crippen molar-refractivity contribution >= 4 is 29.7 Å². The summed E-state index contributed by atoms with van der Waals surface area (Å²) >= 11 is 0. The molecular formula is C65H109N3O48. The van der Waals surface area contributed by atoms with Crippen LogP contribution in [-0.4, -0.2) is 491 Å². The maximum atomic E-state index is 13.6. The Morgan fingerprint density at radius 2 is 0.845 bits per heavy atom. The van der Waals surface area contributed by atoms with Gasteiger partial charge in [0.1, 0.15) is 207 Å². The predicted molar refractivity (Wildman–Crippen MR) is 358 cm³/mol. The Hall–Kier alpha value is -4.29. The minimum Gasteiger partial charge on any atom is -0.477 e. The maximum Gasteiger partial charge on any atom is 0.364 e. The van der Waals surface area contributed by atoms with Crippen molar-refractivity contribution in [3.05, 3.63) is 0 Å². The van der Waals surface area contributed by atoms with Crippen LogP contribution < -0.4 is 16.0 Å². The van der Waals surface area contributed by atoms with Crippen LogP contribution in [-0.2, 0) is 104 Å². The van der Waals surface area contributed by atoms with Gasteiger partial charge in [-0.05, 0) is 13.8 Å². The first kappa shape index (κ1) is 97.2. The number of aliphatic hydroxyl groups is 25. The lowest BCUT2D eigenvalue weighted by atomic mass is 9.87. The van der Waals surface area contributed by atoms with E-state index in [1.807, 2.05) is 0 Å². The fraction of sp³-hybridized carbons (Fsp3) is 0.923. The zero-order valence-corrected chi connectivity index (χ0v) is 62.9. The Labute approximate surface area is 657 Å². The number of ether oxygens (including phenoxy) is 17. The molecule has 3 amide bonds. The Morgan fingerprint density at radius 1 is 0.405 bits per heavy atom. The normalized spacial score (nSPS) is 45.3. The average Bonchev–Trinajstić information content (AvgIpc) is 0.747. The van der Waals surface area contributed by atoms with Crippen molar-refractivity contribution in [2.45, 2.75) is 323 Å². The van der Waals surface area contributed by atoms with E-state index in [0.29, 0.717) is 0 Å². The van der Waals surface area contributed by atoms with E-state index in [0.717, 1.165) is 27.7 Å². The second kappa shape index (κ2) is 42.2. The van der Waals surface area contributed by atoms with Crippen molar-refractivity contribution < 1.29 is 237 Å². The highest BCUT2D eigenvalue weighted by Gasteiger charge is 2.64. The summed E-state index contributed by atoms with van der Waals surface area (Å²) in [6.45, 7) is -3.79. The van der Waals surface area contributed by atoms with Crippen LogP contribution in [0.5, 0.6) is 0 Å². The van der Waals surface area contributed by atoms with Gasteiger partial charge in [0.2, 0.25) is 17.7 Å². The van der Waals surface area contributed by atoms with Gasteiger partial charge in [0.05, 0.1) is 77.5 Å². The number of aliphatic carboxylic acids is 1. The molecular weight excluding hydrogens is 1590 g/mol. The van der Waals surface area contributed by atoms with Crippen LogP contribution in [0.3, 0.4) is 0 Å². The van der Waals surface area contributed by atoms with Crippen molar-refractivity contribution in [3.8, 4) is 0 Å². The number of esters is 1. The van der Waals surface area contributed by atoms with E-state index in [9.17, 15) is 157 Å². The van der Waals surface area contributed by atoms with Crippen LogP contribution in [0.4, 0.5) is 0 Å². The molecule has 116 heavy (non-hydrogen) atoms.